The summed E-state index contributed by atoms with van der Waals surface area (Å²) in [4.78, 5) is 23.2. The first-order valence-corrected chi connectivity index (χ1v) is 9.04. The van der Waals surface area contributed by atoms with Gasteiger partial charge in [0, 0.05) is 25.4 Å². The summed E-state index contributed by atoms with van der Waals surface area (Å²) in [7, 11) is 0. The van der Waals surface area contributed by atoms with Crippen LogP contribution in [0.15, 0.2) is 73.3 Å². The highest BCUT2D eigenvalue weighted by molar-refractivity contribution is 5.84. The molecule has 0 saturated carbocycles. The van der Waals surface area contributed by atoms with Crippen molar-refractivity contribution in [2.24, 2.45) is 0 Å². The van der Waals surface area contributed by atoms with E-state index < -0.39 is 6.09 Å². The number of Topliss-reactive ketones (excluding diaryl/α,β-unsaturated/α-hetero) is 1. The normalized spacial score (nSPS) is 10.4. The quantitative estimate of drug-likeness (QED) is 0.473. The van der Waals surface area contributed by atoms with E-state index in [1.807, 2.05) is 36.4 Å². The lowest BCUT2D eigenvalue weighted by atomic mass is 9.91. The molecule has 0 heterocycles. The average molecular weight is 366 g/mol. The van der Waals surface area contributed by atoms with Gasteiger partial charge in [0.25, 0.3) is 0 Å². The number of ether oxygens (including phenoxy) is 1. The second-order valence-corrected chi connectivity index (χ2v) is 6.11. The highest BCUT2D eigenvalue weighted by Crippen LogP contribution is 2.23. The molecule has 0 radical (unpaired) electrons. The van der Waals surface area contributed by atoms with Gasteiger partial charge >= 0.3 is 6.09 Å². The van der Waals surface area contributed by atoms with E-state index in [4.69, 9.17) is 4.74 Å². The lowest BCUT2D eigenvalue weighted by molar-refractivity contribution is -0.118. The van der Waals surface area contributed by atoms with Crippen molar-refractivity contribution in [3.8, 4) is 0 Å². The number of benzene rings is 2. The monoisotopic (exact) mass is 366 g/mol. The predicted octanol–water partition coefficient (Wildman–Crippen LogP) is 3.28. The lowest BCUT2D eigenvalue weighted by Gasteiger charge is -2.19. The summed E-state index contributed by atoms with van der Waals surface area (Å²) in [5.41, 5.74) is 2.46. The molecule has 2 N–H and O–H groups in total. The maximum Gasteiger partial charge on any atom is 0.407 e. The van der Waals surface area contributed by atoms with Crippen molar-refractivity contribution in [2.45, 2.75) is 12.3 Å². The third-order valence-electron chi connectivity index (χ3n) is 4.10. The molecule has 2 aromatic carbocycles. The van der Waals surface area contributed by atoms with Crippen LogP contribution in [0.25, 0.3) is 0 Å². The van der Waals surface area contributed by atoms with Crippen molar-refractivity contribution in [2.75, 3.05) is 26.2 Å². The Bertz CT molecular complexity index is 677. The standard InChI is InChI=1S/C22H26N2O3/c1-2-15-27-22(26)24-16-20(25)13-14-23-17-21(18-9-5-3-6-10-18)19-11-7-4-8-12-19/h2-12,21,23H,1,13-17H2,(H,24,26). The topological polar surface area (TPSA) is 67.4 Å². The molecule has 0 aromatic heterocycles. The summed E-state index contributed by atoms with van der Waals surface area (Å²) in [5, 5.41) is 5.79. The SMILES string of the molecule is C=CCOC(=O)NCC(=O)CCNCC(c1ccccc1)c1ccccc1. The number of rotatable bonds is 11. The molecule has 0 aliphatic heterocycles. The van der Waals surface area contributed by atoms with E-state index in [1.54, 1.807) is 0 Å². The van der Waals surface area contributed by atoms with Crippen molar-refractivity contribution in [3.63, 3.8) is 0 Å². The largest absolute Gasteiger partial charge is 0.445 e. The number of hydrogen-bond donors (Lipinski definition) is 2. The van der Waals surface area contributed by atoms with Crippen molar-refractivity contribution in [3.05, 3.63) is 84.4 Å². The van der Waals surface area contributed by atoms with Crippen LogP contribution in [0, 0.1) is 0 Å². The molecule has 0 atom stereocenters. The molecule has 1 amide bonds. The first-order chi connectivity index (χ1) is 13.2. The van der Waals surface area contributed by atoms with Gasteiger partial charge in [-0.2, -0.15) is 0 Å². The molecule has 0 aliphatic carbocycles. The molecule has 2 aromatic rings. The number of ketones is 1. The second kappa shape index (κ2) is 11.6. The van der Waals surface area contributed by atoms with Crippen molar-refractivity contribution >= 4 is 11.9 Å². The Morgan fingerprint density at radius 2 is 1.59 bits per heavy atom. The molecule has 0 saturated heterocycles. The van der Waals surface area contributed by atoms with Gasteiger partial charge in [-0.25, -0.2) is 4.79 Å². The van der Waals surface area contributed by atoms with Crippen LogP contribution in [0.3, 0.4) is 0 Å². The summed E-state index contributed by atoms with van der Waals surface area (Å²) in [6, 6.07) is 20.6. The first-order valence-electron chi connectivity index (χ1n) is 9.04. The van der Waals surface area contributed by atoms with Gasteiger partial charge in [-0.1, -0.05) is 73.3 Å². The number of nitrogens with one attached hydrogen (secondary N) is 2. The van der Waals surface area contributed by atoms with E-state index in [0.29, 0.717) is 13.0 Å². The number of amides is 1. The van der Waals surface area contributed by atoms with Crippen LogP contribution in [-0.4, -0.2) is 38.1 Å². The highest BCUT2D eigenvalue weighted by atomic mass is 16.5. The van der Waals surface area contributed by atoms with Crippen LogP contribution in [0.1, 0.15) is 23.5 Å². The van der Waals surface area contributed by atoms with E-state index in [0.717, 1.165) is 6.54 Å². The summed E-state index contributed by atoms with van der Waals surface area (Å²) >= 11 is 0. The van der Waals surface area contributed by atoms with Gasteiger partial charge in [0.1, 0.15) is 6.61 Å². The third kappa shape index (κ3) is 7.46. The highest BCUT2D eigenvalue weighted by Gasteiger charge is 2.13. The minimum atomic E-state index is -0.607. The molecular weight excluding hydrogens is 340 g/mol. The Morgan fingerprint density at radius 1 is 1.00 bits per heavy atom. The molecule has 0 bridgehead atoms. The average Bonchev–Trinajstić information content (AvgIpc) is 2.72. The molecule has 5 heteroatoms. The van der Waals surface area contributed by atoms with Crippen molar-refractivity contribution in [1.82, 2.24) is 10.6 Å². The van der Waals surface area contributed by atoms with Gasteiger partial charge in [0.2, 0.25) is 0 Å². The molecule has 2 rings (SSSR count). The Labute approximate surface area is 160 Å². The van der Waals surface area contributed by atoms with Gasteiger partial charge in [-0.3, -0.25) is 4.79 Å². The van der Waals surface area contributed by atoms with Gasteiger partial charge in [-0.15, -0.1) is 0 Å². The maximum atomic E-state index is 11.9. The number of carbonyl (C=O) groups excluding carboxylic acids is 2. The van der Waals surface area contributed by atoms with Gasteiger partial charge in [0.15, 0.2) is 5.78 Å². The van der Waals surface area contributed by atoms with Crippen molar-refractivity contribution in [1.29, 1.82) is 0 Å². The van der Waals surface area contributed by atoms with Crippen molar-refractivity contribution < 1.29 is 14.3 Å². The van der Waals surface area contributed by atoms with Crippen LogP contribution < -0.4 is 10.6 Å². The van der Waals surface area contributed by atoms with Gasteiger partial charge in [0.05, 0.1) is 6.54 Å². The molecule has 0 aliphatic rings. The zero-order valence-electron chi connectivity index (χ0n) is 15.4. The van der Waals surface area contributed by atoms with E-state index in [9.17, 15) is 9.59 Å². The third-order valence-corrected chi connectivity index (χ3v) is 4.10. The van der Waals surface area contributed by atoms with Crippen LogP contribution >= 0.6 is 0 Å². The Balaban J connectivity index is 1.78. The fraction of sp³-hybridized carbons (Fsp3) is 0.273. The zero-order valence-corrected chi connectivity index (χ0v) is 15.4. The van der Waals surface area contributed by atoms with E-state index in [2.05, 4.69) is 41.5 Å². The minimum absolute atomic E-state index is 0.0293. The molecule has 27 heavy (non-hydrogen) atoms. The number of carbonyl (C=O) groups is 2. The number of hydrogen-bond acceptors (Lipinski definition) is 4. The summed E-state index contributed by atoms with van der Waals surface area (Å²) in [6.07, 6.45) is 1.21. The molecule has 142 valence electrons. The second-order valence-electron chi connectivity index (χ2n) is 6.11. The van der Waals surface area contributed by atoms with Crippen LogP contribution in [0.4, 0.5) is 4.79 Å². The maximum absolute atomic E-state index is 11.9. The Kier molecular flexibility index (Phi) is 8.80. The van der Waals surface area contributed by atoms with Crippen LogP contribution in [0.5, 0.6) is 0 Å². The minimum Gasteiger partial charge on any atom is -0.445 e. The first kappa shape index (κ1) is 20.4. The predicted molar refractivity (Wildman–Crippen MR) is 107 cm³/mol. The van der Waals surface area contributed by atoms with Gasteiger partial charge < -0.3 is 15.4 Å². The van der Waals surface area contributed by atoms with Crippen LogP contribution in [0.2, 0.25) is 0 Å². The van der Waals surface area contributed by atoms with E-state index in [-0.39, 0.29) is 24.9 Å². The Morgan fingerprint density at radius 3 is 2.15 bits per heavy atom. The van der Waals surface area contributed by atoms with Gasteiger partial charge in [-0.05, 0) is 11.1 Å². The number of alkyl carbamates (subject to hydrolysis) is 1. The smallest absolute Gasteiger partial charge is 0.407 e. The molecular formula is C22H26N2O3. The fourth-order valence-corrected chi connectivity index (χ4v) is 2.72. The van der Waals surface area contributed by atoms with E-state index in [1.165, 1.54) is 17.2 Å². The molecule has 0 spiro atoms. The fourth-order valence-electron chi connectivity index (χ4n) is 2.72. The summed E-state index contributed by atoms with van der Waals surface area (Å²) in [6.45, 7) is 4.84. The van der Waals surface area contributed by atoms with Crippen LogP contribution in [-0.2, 0) is 9.53 Å². The molecule has 5 nitrogen and oxygen atoms in total. The molecule has 0 unspecified atom stereocenters. The Hall–Kier alpha value is -2.92. The lowest BCUT2D eigenvalue weighted by Crippen LogP contribution is -2.32. The van der Waals surface area contributed by atoms with E-state index >= 15 is 0 Å². The summed E-state index contributed by atoms with van der Waals surface area (Å²) < 4.78 is 4.76. The summed E-state index contributed by atoms with van der Waals surface area (Å²) in [5.74, 6) is 0.170. The molecule has 0 fully saturated rings. The zero-order chi connectivity index (χ0) is 19.3.